The largest absolute Gasteiger partial charge is 0.378 e. The second-order valence-corrected chi connectivity index (χ2v) is 6.27. The molecule has 1 aliphatic heterocycles. The number of nitrogens with one attached hydrogen (secondary N) is 2. The highest BCUT2D eigenvalue weighted by atomic mass is 79.9. The van der Waals surface area contributed by atoms with Gasteiger partial charge in [-0.05, 0) is 28.4 Å². The van der Waals surface area contributed by atoms with Gasteiger partial charge in [-0.3, -0.25) is 9.89 Å². The van der Waals surface area contributed by atoms with Crippen molar-refractivity contribution in [3.05, 3.63) is 16.4 Å². The number of fused-ring (bicyclic) bond motifs is 1. The summed E-state index contributed by atoms with van der Waals surface area (Å²) in [4.78, 5) is 13.7. The number of morpholine rings is 1. The molecule has 3 rings (SSSR count). The molecule has 1 aliphatic rings. The second-order valence-electron chi connectivity index (χ2n) is 5.41. The van der Waals surface area contributed by atoms with Gasteiger partial charge < -0.3 is 15.0 Å². The summed E-state index contributed by atoms with van der Waals surface area (Å²) in [5.41, 5.74) is 0.789. The standard InChI is InChI=1S/C15H18BrFN4O2/c1-2-3-11(22)18-15-9-8-10(16)14(12(17)13(9)19-20-15)21-4-6-23-7-5-21/h8H,2-7H2,1H3,(H2,18,19,20,22). The first-order valence-electron chi connectivity index (χ1n) is 7.60. The lowest BCUT2D eigenvalue weighted by Gasteiger charge is -2.30. The first-order valence-corrected chi connectivity index (χ1v) is 8.39. The molecule has 0 spiro atoms. The Morgan fingerprint density at radius 3 is 2.96 bits per heavy atom. The zero-order valence-corrected chi connectivity index (χ0v) is 14.4. The van der Waals surface area contributed by atoms with Crippen molar-refractivity contribution in [3.8, 4) is 0 Å². The van der Waals surface area contributed by atoms with Gasteiger partial charge in [0, 0.05) is 29.4 Å². The normalized spacial score (nSPS) is 15.2. The molecule has 23 heavy (non-hydrogen) atoms. The average Bonchev–Trinajstić information content (AvgIpc) is 2.91. The fourth-order valence-electron chi connectivity index (χ4n) is 2.67. The van der Waals surface area contributed by atoms with Crippen molar-refractivity contribution in [2.45, 2.75) is 19.8 Å². The summed E-state index contributed by atoms with van der Waals surface area (Å²) in [5, 5.41) is 10.0. The van der Waals surface area contributed by atoms with Crippen LogP contribution in [-0.2, 0) is 9.53 Å². The summed E-state index contributed by atoms with van der Waals surface area (Å²) >= 11 is 3.44. The van der Waals surface area contributed by atoms with E-state index in [4.69, 9.17) is 4.74 Å². The van der Waals surface area contributed by atoms with E-state index < -0.39 is 0 Å². The molecule has 0 atom stereocenters. The predicted octanol–water partition coefficient (Wildman–Crippen LogP) is 3.04. The first-order chi connectivity index (χ1) is 11.1. The van der Waals surface area contributed by atoms with E-state index in [0.29, 0.717) is 59.6 Å². The average molecular weight is 385 g/mol. The van der Waals surface area contributed by atoms with Crippen LogP contribution in [-0.4, -0.2) is 42.4 Å². The van der Waals surface area contributed by atoms with Gasteiger partial charge in [0.25, 0.3) is 0 Å². The lowest BCUT2D eigenvalue weighted by atomic mass is 10.2. The van der Waals surface area contributed by atoms with E-state index in [0.717, 1.165) is 6.42 Å². The topological polar surface area (TPSA) is 70.2 Å². The molecule has 0 saturated carbocycles. The van der Waals surface area contributed by atoms with Crippen LogP contribution in [0.1, 0.15) is 19.8 Å². The van der Waals surface area contributed by atoms with E-state index in [2.05, 4.69) is 31.4 Å². The van der Waals surface area contributed by atoms with Crippen LogP contribution < -0.4 is 10.2 Å². The number of ether oxygens (including phenoxy) is 1. The predicted molar refractivity (Wildman–Crippen MR) is 90.3 cm³/mol. The number of carbonyl (C=O) groups excluding carboxylic acids is 1. The molecule has 2 aromatic rings. The molecule has 124 valence electrons. The number of hydrogen-bond donors (Lipinski definition) is 2. The highest BCUT2D eigenvalue weighted by molar-refractivity contribution is 9.10. The molecule has 0 radical (unpaired) electrons. The van der Waals surface area contributed by atoms with E-state index in [-0.39, 0.29) is 11.7 Å². The monoisotopic (exact) mass is 384 g/mol. The summed E-state index contributed by atoms with van der Waals surface area (Å²) in [6.07, 6.45) is 1.15. The number of hydrogen-bond acceptors (Lipinski definition) is 4. The fourth-order valence-corrected chi connectivity index (χ4v) is 3.32. The Balaban J connectivity index is 1.98. The number of rotatable bonds is 4. The minimum atomic E-state index is -0.375. The molecule has 1 saturated heterocycles. The van der Waals surface area contributed by atoms with E-state index in [9.17, 15) is 9.18 Å². The van der Waals surface area contributed by atoms with E-state index >= 15 is 0 Å². The smallest absolute Gasteiger partial charge is 0.225 e. The Morgan fingerprint density at radius 2 is 2.26 bits per heavy atom. The molecule has 1 fully saturated rings. The van der Waals surface area contributed by atoms with Gasteiger partial charge in [-0.25, -0.2) is 4.39 Å². The van der Waals surface area contributed by atoms with Gasteiger partial charge in [-0.2, -0.15) is 5.10 Å². The SMILES string of the molecule is CCCC(=O)Nc1n[nH]c2c(F)c(N3CCOCC3)c(Br)cc12. The minimum Gasteiger partial charge on any atom is -0.378 e. The Hall–Kier alpha value is -1.67. The minimum absolute atomic E-state index is 0.130. The maximum absolute atomic E-state index is 14.9. The molecular formula is C15H18BrFN4O2. The third kappa shape index (κ3) is 3.18. The number of aromatic nitrogens is 2. The van der Waals surface area contributed by atoms with Crippen LogP contribution >= 0.6 is 15.9 Å². The summed E-state index contributed by atoms with van der Waals surface area (Å²) < 4.78 is 20.9. The van der Waals surface area contributed by atoms with Crippen molar-refractivity contribution < 1.29 is 13.9 Å². The van der Waals surface area contributed by atoms with Crippen molar-refractivity contribution in [2.24, 2.45) is 0 Å². The van der Waals surface area contributed by atoms with Gasteiger partial charge in [-0.15, -0.1) is 0 Å². The molecule has 0 unspecified atom stereocenters. The fraction of sp³-hybridized carbons (Fsp3) is 0.467. The zero-order valence-electron chi connectivity index (χ0n) is 12.8. The van der Waals surface area contributed by atoms with Gasteiger partial charge in [-0.1, -0.05) is 6.92 Å². The molecule has 8 heteroatoms. The van der Waals surface area contributed by atoms with Crippen LogP contribution in [0.2, 0.25) is 0 Å². The summed E-state index contributed by atoms with van der Waals surface area (Å²) in [5.74, 6) is -0.152. The maximum atomic E-state index is 14.9. The van der Waals surface area contributed by atoms with Gasteiger partial charge in [0.05, 0.1) is 18.9 Å². The van der Waals surface area contributed by atoms with Gasteiger partial charge >= 0.3 is 0 Å². The van der Waals surface area contributed by atoms with Crippen molar-refractivity contribution >= 4 is 44.2 Å². The van der Waals surface area contributed by atoms with Gasteiger partial charge in [0.2, 0.25) is 5.91 Å². The van der Waals surface area contributed by atoms with Crippen LogP contribution in [0.25, 0.3) is 10.9 Å². The summed E-state index contributed by atoms with van der Waals surface area (Å²) in [6, 6.07) is 1.79. The van der Waals surface area contributed by atoms with Crippen LogP contribution in [0.4, 0.5) is 15.9 Å². The number of aromatic amines is 1. The Bertz CT molecular complexity index is 728. The molecule has 2 heterocycles. The van der Waals surface area contributed by atoms with Crippen molar-refractivity contribution in [2.75, 3.05) is 36.5 Å². The number of nitrogens with zero attached hydrogens (tertiary/aromatic N) is 2. The van der Waals surface area contributed by atoms with Crippen LogP contribution in [0, 0.1) is 5.82 Å². The Kier molecular flexibility index (Phi) is 4.82. The highest BCUT2D eigenvalue weighted by Crippen LogP contribution is 2.37. The molecule has 0 bridgehead atoms. The lowest BCUT2D eigenvalue weighted by molar-refractivity contribution is -0.116. The molecule has 1 amide bonds. The highest BCUT2D eigenvalue weighted by Gasteiger charge is 2.23. The summed E-state index contributed by atoms with van der Waals surface area (Å²) in [6.45, 7) is 4.34. The Labute approximate surface area is 141 Å². The number of benzene rings is 1. The van der Waals surface area contributed by atoms with E-state index in [1.54, 1.807) is 6.07 Å². The first kappa shape index (κ1) is 16.2. The number of H-pyrrole nitrogens is 1. The van der Waals surface area contributed by atoms with E-state index in [1.807, 2.05) is 11.8 Å². The molecule has 2 N–H and O–H groups in total. The molecule has 6 nitrogen and oxygen atoms in total. The number of halogens is 2. The number of amides is 1. The maximum Gasteiger partial charge on any atom is 0.225 e. The third-order valence-corrected chi connectivity index (χ3v) is 4.40. The quantitative estimate of drug-likeness (QED) is 0.849. The molecular weight excluding hydrogens is 367 g/mol. The van der Waals surface area contributed by atoms with Crippen molar-refractivity contribution in [1.82, 2.24) is 10.2 Å². The van der Waals surface area contributed by atoms with Crippen LogP contribution in [0.15, 0.2) is 10.5 Å². The molecule has 0 aliphatic carbocycles. The van der Waals surface area contributed by atoms with Crippen LogP contribution in [0.3, 0.4) is 0 Å². The molecule has 1 aromatic heterocycles. The zero-order chi connectivity index (χ0) is 16.4. The van der Waals surface area contributed by atoms with E-state index in [1.165, 1.54) is 0 Å². The van der Waals surface area contributed by atoms with Gasteiger partial charge in [0.15, 0.2) is 11.6 Å². The summed E-state index contributed by atoms with van der Waals surface area (Å²) in [7, 11) is 0. The van der Waals surface area contributed by atoms with Crippen molar-refractivity contribution in [3.63, 3.8) is 0 Å². The third-order valence-electron chi connectivity index (χ3n) is 3.79. The lowest BCUT2D eigenvalue weighted by Crippen LogP contribution is -2.37. The Morgan fingerprint density at radius 1 is 1.52 bits per heavy atom. The van der Waals surface area contributed by atoms with Crippen molar-refractivity contribution in [1.29, 1.82) is 0 Å². The van der Waals surface area contributed by atoms with Crippen LogP contribution in [0.5, 0.6) is 0 Å². The van der Waals surface area contributed by atoms with Gasteiger partial charge in [0.1, 0.15) is 5.52 Å². The second kappa shape index (κ2) is 6.84. The number of carbonyl (C=O) groups is 1. The molecule has 1 aromatic carbocycles. The number of anilines is 2.